The molecule has 1 rings (SSSR count). The first-order valence-corrected chi connectivity index (χ1v) is 23.5. The summed E-state index contributed by atoms with van der Waals surface area (Å²) in [6.07, 6.45) is 7.28. The molecule has 0 N–H and O–H groups in total. The summed E-state index contributed by atoms with van der Waals surface area (Å²) in [6.45, 7) is 0. The Kier molecular flexibility index (Phi) is 4.46. The van der Waals surface area contributed by atoms with Gasteiger partial charge in [0.2, 0.25) is 0 Å². The molecule has 0 saturated heterocycles. The van der Waals surface area contributed by atoms with Gasteiger partial charge in [0.1, 0.15) is 0 Å². The second-order valence-electron chi connectivity index (χ2n) is 5.17. The van der Waals surface area contributed by atoms with Crippen molar-refractivity contribution < 1.29 is 26.0 Å². The molecule has 0 amide bonds. The van der Waals surface area contributed by atoms with Gasteiger partial charge in [0.15, 0.2) is 0 Å². The average Bonchev–Trinajstić information content (AvgIpc) is 2.74. The van der Waals surface area contributed by atoms with Gasteiger partial charge in [-0.05, 0) is 0 Å². The van der Waals surface area contributed by atoms with E-state index < -0.39 is 27.1 Å². The van der Waals surface area contributed by atoms with Gasteiger partial charge in [-0.1, -0.05) is 0 Å². The summed E-state index contributed by atoms with van der Waals surface area (Å²) in [5.41, 5.74) is 0. The second-order valence-corrected chi connectivity index (χ2v) is 53.9. The monoisotopic (exact) mass is 367 g/mol. The Bertz CT molecular complexity index is 316. The van der Waals surface area contributed by atoms with Crippen molar-refractivity contribution in [3.8, 4) is 0 Å². The van der Waals surface area contributed by atoms with Crippen LogP contribution in [0, 0.1) is 0 Å². The fourth-order valence-corrected chi connectivity index (χ4v) is 52.0. The Morgan fingerprint density at radius 2 is 1.56 bits per heavy atom. The maximum absolute atomic E-state index is 6.01. The van der Waals surface area contributed by atoms with Crippen LogP contribution >= 0.6 is 0 Å². The van der Waals surface area contributed by atoms with E-state index in [0.29, 0.717) is 0 Å². The van der Waals surface area contributed by atoms with E-state index >= 15 is 0 Å². The third kappa shape index (κ3) is 1.78. The molecule has 0 atom stereocenters. The first-order chi connectivity index (χ1) is 7.37. The van der Waals surface area contributed by atoms with Crippen LogP contribution in [0.25, 0.3) is 0 Å². The molecule has 0 radical (unpaired) electrons. The summed E-state index contributed by atoms with van der Waals surface area (Å²) in [7, 11) is 3.00. The minimum atomic E-state index is -4.07. The normalized spacial score (nSPS) is 19.4. The predicted molar refractivity (Wildman–Crippen MR) is 66.2 cm³/mol. The van der Waals surface area contributed by atoms with Gasteiger partial charge >= 0.3 is 102 Å². The maximum atomic E-state index is 6.01. The van der Waals surface area contributed by atoms with Crippen LogP contribution < -0.4 is 0 Å². The van der Waals surface area contributed by atoms with Crippen LogP contribution in [-0.4, -0.2) is 30.8 Å². The first kappa shape index (κ1) is 14.8. The summed E-state index contributed by atoms with van der Waals surface area (Å²) < 4.78 is 19.3. The summed E-state index contributed by atoms with van der Waals surface area (Å²) in [5.74, 6) is 6.96. The van der Waals surface area contributed by atoms with Crippen LogP contribution in [0.2, 0.25) is 17.3 Å². The van der Waals surface area contributed by atoms with Crippen LogP contribution in [0.1, 0.15) is 6.42 Å². The molecule has 93 valence electrons. The number of hydrogen-bond donors (Lipinski definition) is 0. The van der Waals surface area contributed by atoms with Crippen LogP contribution in [0.5, 0.6) is 0 Å². The van der Waals surface area contributed by atoms with Crippen LogP contribution in [0.3, 0.4) is 0 Å². The second kappa shape index (κ2) is 4.81. The average molecular weight is 367 g/mol. The molecule has 16 heavy (non-hydrogen) atoms. The van der Waals surface area contributed by atoms with E-state index in [1.165, 1.54) is 3.28 Å². The SMILES string of the molecule is C[O][Zr]([O]C)([O]C)([C]1=CC=CC1)[Ge]([CH3])([CH3])[CH3]. The quantitative estimate of drug-likeness (QED) is 0.700. The molecule has 0 heterocycles. The molecule has 0 saturated carbocycles. The van der Waals surface area contributed by atoms with E-state index in [0.717, 1.165) is 6.42 Å². The summed E-state index contributed by atoms with van der Waals surface area (Å²) in [4.78, 5) is 0. The minimum absolute atomic E-state index is 0.920. The molecule has 3 nitrogen and oxygen atoms in total. The molecule has 0 bridgehead atoms. The van der Waals surface area contributed by atoms with Crippen molar-refractivity contribution in [1.29, 1.82) is 0 Å². The third-order valence-electron chi connectivity index (χ3n) is 3.73. The zero-order chi connectivity index (χ0) is 12.5. The summed E-state index contributed by atoms with van der Waals surface area (Å²) in [5, 5.41) is 0. The standard InChI is InChI=1S/C5H5.C3H9Ge.3CH3O.Zr/c1-2-4-5-3-1;1-4(2)3;3*1-2;/h1-3H,4H2;1-3H3;3*1H3;/q;;3*-1;+3. The van der Waals surface area contributed by atoms with Crippen LogP contribution in [-0.2, 0) is 26.0 Å². The van der Waals surface area contributed by atoms with Gasteiger partial charge in [-0.2, -0.15) is 0 Å². The van der Waals surface area contributed by atoms with E-state index in [1.807, 2.05) is 0 Å². The number of allylic oxidation sites excluding steroid dienone is 4. The van der Waals surface area contributed by atoms with Crippen molar-refractivity contribution in [3.63, 3.8) is 0 Å². The molecular weight excluding hydrogens is 344 g/mol. The van der Waals surface area contributed by atoms with E-state index in [-0.39, 0.29) is 0 Å². The van der Waals surface area contributed by atoms with Crippen molar-refractivity contribution in [2.75, 3.05) is 21.3 Å². The Labute approximate surface area is 101 Å². The summed E-state index contributed by atoms with van der Waals surface area (Å²) >= 11 is -4.07. The fourth-order valence-electron chi connectivity index (χ4n) is 2.81. The molecular formula is C11H23GeO3Zr. The first-order valence-electron chi connectivity index (χ1n) is 5.55. The molecule has 5 heteroatoms. The molecule has 1 aliphatic carbocycles. The Balaban J connectivity index is 3.41. The van der Waals surface area contributed by atoms with Gasteiger partial charge in [-0.15, -0.1) is 0 Å². The number of hydrogen-bond acceptors (Lipinski definition) is 3. The molecule has 0 spiro atoms. The Morgan fingerprint density at radius 1 is 1.06 bits per heavy atom. The van der Waals surface area contributed by atoms with Crippen molar-refractivity contribution in [3.05, 3.63) is 21.5 Å². The number of rotatable bonds is 5. The van der Waals surface area contributed by atoms with E-state index in [2.05, 4.69) is 35.5 Å². The van der Waals surface area contributed by atoms with Gasteiger partial charge in [0.25, 0.3) is 0 Å². The van der Waals surface area contributed by atoms with Gasteiger partial charge in [0, 0.05) is 0 Å². The molecule has 0 aliphatic heterocycles. The van der Waals surface area contributed by atoms with Gasteiger partial charge in [-0.25, -0.2) is 0 Å². The van der Waals surface area contributed by atoms with Gasteiger partial charge in [0.05, 0.1) is 0 Å². The van der Waals surface area contributed by atoms with Crippen LogP contribution in [0.4, 0.5) is 0 Å². The van der Waals surface area contributed by atoms with Crippen molar-refractivity contribution in [1.82, 2.24) is 0 Å². The molecule has 0 fully saturated rings. The van der Waals surface area contributed by atoms with Gasteiger partial charge < -0.3 is 0 Å². The molecule has 0 aromatic carbocycles. The Hall–Kier alpha value is 0.786. The predicted octanol–water partition coefficient (Wildman–Crippen LogP) is 3.04. The van der Waals surface area contributed by atoms with E-state index in [1.54, 1.807) is 21.3 Å². The summed E-state index contributed by atoms with van der Waals surface area (Å²) in [6, 6.07) is 0. The van der Waals surface area contributed by atoms with Crippen LogP contribution in [0.15, 0.2) is 21.5 Å². The zero-order valence-electron chi connectivity index (χ0n) is 11.2. The van der Waals surface area contributed by atoms with Crippen molar-refractivity contribution in [2.45, 2.75) is 23.7 Å². The molecule has 0 aromatic rings. The fraction of sp³-hybridized carbons (Fsp3) is 0.636. The third-order valence-corrected chi connectivity index (χ3v) is 62.9. The molecule has 1 aliphatic rings. The van der Waals surface area contributed by atoms with Crippen molar-refractivity contribution >= 4 is 9.48 Å². The van der Waals surface area contributed by atoms with Crippen molar-refractivity contribution in [2.24, 2.45) is 0 Å². The molecule has 0 unspecified atom stereocenters. The Morgan fingerprint density at radius 3 is 1.81 bits per heavy atom. The van der Waals surface area contributed by atoms with E-state index in [9.17, 15) is 0 Å². The topological polar surface area (TPSA) is 27.7 Å². The molecule has 0 aromatic heterocycles. The zero-order valence-corrected chi connectivity index (χ0v) is 15.7. The van der Waals surface area contributed by atoms with E-state index in [4.69, 9.17) is 8.44 Å². The van der Waals surface area contributed by atoms with Gasteiger partial charge in [-0.3, -0.25) is 0 Å².